The van der Waals surface area contributed by atoms with Crippen LogP contribution in [0.15, 0.2) is 108 Å². The first kappa shape index (κ1) is 35.8. The minimum absolute atomic E-state index is 0.00284. The fraction of sp³-hybridized carbons (Fsp3) is 0.333. The van der Waals surface area contributed by atoms with Gasteiger partial charge in [-0.1, -0.05) is 109 Å². The van der Waals surface area contributed by atoms with Crippen LogP contribution in [0.1, 0.15) is 45.3 Å². The van der Waals surface area contributed by atoms with Crippen LogP contribution in [0.3, 0.4) is 0 Å². The number of phenols is 1. The minimum Gasteiger partial charge on any atom is -0.508 e. The summed E-state index contributed by atoms with van der Waals surface area (Å²) < 4.78 is 14.6. The maximum atomic E-state index is 14.3. The van der Waals surface area contributed by atoms with Crippen molar-refractivity contribution in [2.24, 2.45) is 23.7 Å². The van der Waals surface area contributed by atoms with Gasteiger partial charge in [0.05, 0.1) is 23.6 Å². The van der Waals surface area contributed by atoms with E-state index in [1.54, 1.807) is 30.3 Å². The molecule has 12 heteroatoms. The number of hydrogen-bond acceptors (Lipinski definition) is 8. The standard InChI is InChI=1S/C39H41BBrNO8Si/c1-38(2,3)51(28-13-6-4-7-14-28,29-15-8-5-9-16-29)49-23-24-19-31-35(37(45)42(36(31)44)27-12-10-11-25(20-27)40(47)48)32-22-34(50-39(24,32)46)30-21-26(41)17-18-33(30)43/h4-18,20-21,24,31-32,34-35,43,46-48H,19,22-23H2,1-3H3/t24-,31+,32+,34+,35+,39-/m1/s1. The first-order valence-corrected chi connectivity index (χ1v) is 19.9. The molecule has 6 atom stereocenters. The number of amides is 2. The molecular formula is C39H41BBrNO8Si. The van der Waals surface area contributed by atoms with Gasteiger partial charge >= 0.3 is 7.12 Å². The first-order valence-electron chi connectivity index (χ1n) is 17.2. The molecule has 3 aliphatic rings. The van der Waals surface area contributed by atoms with Gasteiger partial charge in [-0.05, 0) is 64.0 Å². The lowest BCUT2D eigenvalue weighted by molar-refractivity contribution is -0.273. The maximum Gasteiger partial charge on any atom is 0.488 e. The predicted molar refractivity (Wildman–Crippen MR) is 200 cm³/mol. The van der Waals surface area contributed by atoms with Gasteiger partial charge < -0.3 is 29.4 Å². The van der Waals surface area contributed by atoms with Gasteiger partial charge in [0, 0.05) is 28.5 Å². The summed E-state index contributed by atoms with van der Waals surface area (Å²) in [5.74, 6) is -5.98. The van der Waals surface area contributed by atoms with Crippen molar-refractivity contribution in [2.75, 3.05) is 11.5 Å². The topological polar surface area (TPSA) is 137 Å². The average molecular weight is 771 g/mol. The van der Waals surface area contributed by atoms with Gasteiger partial charge in [0.15, 0.2) is 5.79 Å². The Morgan fingerprint density at radius 1 is 0.902 bits per heavy atom. The van der Waals surface area contributed by atoms with Crippen molar-refractivity contribution in [3.8, 4) is 5.75 Å². The van der Waals surface area contributed by atoms with Crippen LogP contribution in [0.5, 0.6) is 5.75 Å². The summed E-state index contributed by atoms with van der Waals surface area (Å²) in [5.41, 5.74) is 0.841. The molecule has 7 rings (SSSR count). The highest BCUT2D eigenvalue weighted by Gasteiger charge is 2.67. The zero-order valence-corrected chi connectivity index (χ0v) is 31.2. The second-order valence-electron chi connectivity index (χ2n) is 14.9. The van der Waals surface area contributed by atoms with Crippen molar-refractivity contribution in [1.82, 2.24) is 0 Å². The van der Waals surface area contributed by atoms with Crippen LogP contribution in [0.2, 0.25) is 5.04 Å². The van der Waals surface area contributed by atoms with Crippen molar-refractivity contribution in [3.63, 3.8) is 0 Å². The highest BCUT2D eigenvalue weighted by molar-refractivity contribution is 9.10. The molecule has 4 aromatic rings. The second-order valence-corrected chi connectivity index (χ2v) is 20.1. The molecule has 1 aliphatic carbocycles. The number of carbonyl (C=O) groups excluding carboxylic acids is 2. The number of halogens is 1. The van der Waals surface area contributed by atoms with Crippen LogP contribution in [-0.2, 0) is 18.8 Å². The summed E-state index contributed by atoms with van der Waals surface area (Å²) in [6.45, 7) is 6.55. The van der Waals surface area contributed by atoms with E-state index in [2.05, 4.69) is 61.0 Å². The van der Waals surface area contributed by atoms with Gasteiger partial charge in [0.1, 0.15) is 5.75 Å². The number of ether oxygens (including phenoxy) is 1. The molecule has 9 nitrogen and oxygen atoms in total. The van der Waals surface area contributed by atoms with Gasteiger partial charge in [0.2, 0.25) is 11.8 Å². The van der Waals surface area contributed by atoms with E-state index in [0.717, 1.165) is 19.7 Å². The summed E-state index contributed by atoms with van der Waals surface area (Å²) in [4.78, 5) is 29.7. The third-order valence-electron chi connectivity index (χ3n) is 11.0. The Bertz CT molecular complexity index is 1900. The number of benzene rings is 4. The van der Waals surface area contributed by atoms with Gasteiger partial charge in [0.25, 0.3) is 8.32 Å². The van der Waals surface area contributed by atoms with E-state index in [0.29, 0.717) is 5.56 Å². The van der Waals surface area contributed by atoms with Gasteiger partial charge in [-0.15, -0.1) is 0 Å². The zero-order valence-electron chi connectivity index (χ0n) is 28.6. The lowest BCUT2D eigenvalue weighted by Crippen LogP contribution is -2.67. The largest absolute Gasteiger partial charge is 0.508 e. The lowest BCUT2D eigenvalue weighted by Gasteiger charge is -2.48. The molecule has 1 saturated carbocycles. The molecule has 0 aromatic heterocycles. The number of fused-ring (bicyclic) bond motifs is 3. The molecule has 3 fully saturated rings. The second kappa shape index (κ2) is 13.4. The third-order valence-corrected chi connectivity index (χ3v) is 16.5. The first-order chi connectivity index (χ1) is 24.3. The molecule has 0 radical (unpaired) electrons. The smallest absolute Gasteiger partial charge is 0.488 e. The molecule has 2 amide bonds. The summed E-state index contributed by atoms with van der Waals surface area (Å²) >= 11 is 3.48. The Morgan fingerprint density at radius 2 is 1.55 bits per heavy atom. The summed E-state index contributed by atoms with van der Waals surface area (Å²) in [6.07, 6.45) is -0.466. The van der Waals surface area contributed by atoms with Gasteiger partial charge in [-0.3, -0.25) is 14.5 Å². The molecule has 0 unspecified atom stereocenters. The van der Waals surface area contributed by atoms with E-state index in [1.807, 2.05) is 36.4 Å². The number of anilines is 1. The zero-order chi connectivity index (χ0) is 36.3. The van der Waals surface area contributed by atoms with E-state index in [-0.39, 0.29) is 41.4 Å². The van der Waals surface area contributed by atoms with Crippen LogP contribution in [0.25, 0.3) is 0 Å². The Morgan fingerprint density at radius 3 is 2.16 bits per heavy atom. The number of phenolic OH excluding ortho intramolecular Hbond substituents is 1. The Kier molecular flexibility index (Phi) is 9.41. The number of nitrogens with zero attached hydrogens (tertiary/aromatic N) is 1. The number of hydrogen-bond donors (Lipinski definition) is 4. The van der Waals surface area contributed by atoms with E-state index < -0.39 is 62.8 Å². The molecule has 2 heterocycles. The van der Waals surface area contributed by atoms with Crippen molar-refractivity contribution >= 4 is 64.7 Å². The molecule has 0 bridgehead atoms. The fourth-order valence-electron chi connectivity index (χ4n) is 8.72. The Hall–Kier alpha value is -3.62. The summed E-state index contributed by atoms with van der Waals surface area (Å²) in [5, 5.41) is 45.1. The highest BCUT2D eigenvalue weighted by Crippen LogP contribution is 2.59. The number of rotatable bonds is 8. The van der Waals surface area contributed by atoms with Gasteiger partial charge in [-0.25, -0.2) is 0 Å². The van der Waals surface area contributed by atoms with Crippen LogP contribution < -0.4 is 20.7 Å². The predicted octanol–water partition coefficient (Wildman–Crippen LogP) is 4.00. The normalized spacial score (nSPS) is 26.3. The number of aliphatic hydroxyl groups is 1. The minimum atomic E-state index is -3.08. The van der Waals surface area contributed by atoms with Crippen molar-refractivity contribution in [2.45, 2.75) is 50.5 Å². The van der Waals surface area contributed by atoms with Crippen LogP contribution in [-0.4, -0.2) is 59.9 Å². The van der Waals surface area contributed by atoms with E-state index in [9.17, 15) is 29.9 Å². The summed E-state index contributed by atoms with van der Waals surface area (Å²) in [6, 6.07) is 31.4. The van der Waals surface area contributed by atoms with Crippen molar-refractivity contribution in [1.29, 1.82) is 0 Å². The van der Waals surface area contributed by atoms with Crippen LogP contribution in [0, 0.1) is 23.7 Å². The highest BCUT2D eigenvalue weighted by atomic mass is 79.9. The Labute approximate surface area is 307 Å². The quantitative estimate of drug-likeness (QED) is 0.156. The van der Waals surface area contributed by atoms with Crippen LogP contribution >= 0.6 is 15.9 Å². The van der Waals surface area contributed by atoms with E-state index in [1.165, 1.54) is 12.1 Å². The number of aromatic hydroxyl groups is 1. The monoisotopic (exact) mass is 769 g/mol. The van der Waals surface area contributed by atoms with E-state index >= 15 is 0 Å². The average Bonchev–Trinajstić information content (AvgIpc) is 3.59. The molecule has 51 heavy (non-hydrogen) atoms. The maximum absolute atomic E-state index is 14.3. The molecule has 4 N–H and O–H groups in total. The van der Waals surface area contributed by atoms with Crippen molar-refractivity contribution in [3.05, 3.63) is 113 Å². The summed E-state index contributed by atoms with van der Waals surface area (Å²) in [7, 11) is -4.86. The number of carbonyl (C=O) groups is 2. The molecule has 2 saturated heterocycles. The molecule has 0 spiro atoms. The van der Waals surface area contributed by atoms with E-state index in [4.69, 9.17) is 9.16 Å². The number of imide groups is 1. The van der Waals surface area contributed by atoms with Crippen LogP contribution in [0.4, 0.5) is 5.69 Å². The van der Waals surface area contributed by atoms with Crippen molar-refractivity contribution < 1.29 is 39.0 Å². The lowest BCUT2D eigenvalue weighted by atomic mass is 9.64. The fourth-order valence-corrected chi connectivity index (χ4v) is 13.7. The van der Waals surface area contributed by atoms with Gasteiger partial charge in [-0.2, -0.15) is 0 Å². The third kappa shape index (κ3) is 6.00. The molecular weight excluding hydrogens is 729 g/mol. The molecule has 4 aromatic carbocycles. The molecule has 2 aliphatic heterocycles. The SMILES string of the molecule is CC(C)(C)[Si](OC[C@H]1C[C@@H]2C(=O)N(c3cccc(B(O)O)c3)C(=O)[C@@H]2[C@@H]2C[C@@H](c3cc(Br)ccc3O)O[C@]12O)(c1ccccc1)c1ccccc1. The Balaban J connectivity index is 1.32. The molecule has 264 valence electrons.